The lowest BCUT2D eigenvalue weighted by atomic mass is 9.73. The molecule has 2 aliphatic rings. The van der Waals surface area contributed by atoms with Crippen molar-refractivity contribution in [1.29, 1.82) is 0 Å². The fourth-order valence-corrected chi connectivity index (χ4v) is 5.80. The average molecular weight is 393 g/mol. The smallest absolute Gasteiger partial charge is 0.0153 e. The van der Waals surface area contributed by atoms with Crippen LogP contribution in [0.1, 0.15) is 108 Å². The first-order valence-corrected chi connectivity index (χ1v) is 12.3. The molecule has 0 aliphatic carbocycles. The van der Waals surface area contributed by atoms with Crippen LogP contribution in [0.3, 0.4) is 0 Å². The van der Waals surface area contributed by atoms with E-state index in [1.165, 1.54) is 58.2 Å². The van der Waals surface area contributed by atoms with E-state index < -0.39 is 0 Å². The second-order valence-corrected chi connectivity index (χ2v) is 12.8. The lowest BCUT2D eigenvalue weighted by Crippen LogP contribution is -2.51. The summed E-state index contributed by atoms with van der Waals surface area (Å²) in [4.78, 5) is 5.64. The molecule has 0 spiro atoms. The first-order valence-electron chi connectivity index (χ1n) is 12.3. The summed E-state index contributed by atoms with van der Waals surface area (Å²) < 4.78 is 0. The maximum absolute atomic E-state index is 2.84. The highest BCUT2D eigenvalue weighted by Crippen LogP contribution is 2.42. The highest BCUT2D eigenvalue weighted by molar-refractivity contribution is 4.96. The van der Waals surface area contributed by atoms with Crippen LogP contribution in [0, 0.1) is 22.7 Å². The van der Waals surface area contributed by atoms with Gasteiger partial charge in [0.1, 0.15) is 0 Å². The summed E-state index contributed by atoms with van der Waals surface area (Å²) in [5, 5.41) is 0. The van der Waals surface area contributed by atoms with Crippen molar-refractivity contribution >= 4 is 0 Å². The van der Waals surface area contributed by atoms with Crippen LogP contribution in [0.15, 0.2) is 0 Å². The molecule has 2 fully saturated rings. The summed E-state index contributed by atoms with van der Waals surface area (Å²) in [6.07, 6.45) is 8.18. The lowest BCUT2D eigenvalue weighted by molar-refractivity contribution is 0.0195. The fraction of sp³-hybridized carbons (Fsp3) is 1.00. The van der Waals surface area contributed by atoms with Crippen LogP contribution in [-0.2, 0) is 0 Å². The van der Waals surface area contributed by atoms with Crippen LogP contribution >= 0.6 is 0 Å². The van der Waals surface area contributed by atoms with E-state index in [-0.39, 0.29) is 0 Å². The van der Waals surface area contributed by atoms with Crippen molar-refractivity contribution in [3.8, 4) is 0 Å². The fourth-order valence-electron chi connectivity index (χ4n) is 5.80. The van der Waals surface area contributed by atoms with Gasteiger partial charge in [-0.15, -0.1) is 0 Å². The molecule has 28 heavy (non-hydrogen) atoms. The van der Waals surface area contributed by atoms with Crippen LogP contribution in [-0.4, -0.2) is 47.1 Å². The molecule has 0 N–H and O–H groups in total. The van der Waals surface area contributed by atoms with Gasteiger partial charge in [-0.25, -0.2) is 0 Å². The number of piperidine rings is 1. The SMILES string of the molecule is CC(C)C(C)N1CCCC1C(C)(C)CCC(C)(C)N1CCC(C(C)(C)C)CC1. The largest absolute Gasteiger partial charge is 0.298 e. The van der Waals surface area contributed by atoms with Crippen LogP contribution in [0.2, 0.25) is 0 Å². The molecule has 0 aromatic carbocycles. The number of hydrogen-bond acceptors (Lipinski definition) is 2. The number of rotatable bonds is 7. The van der Waals surface area contributed by atoms with Crippen molar-refractivity contribution in [2.45, 2.75) is 125 Å². The molecular formula is C26H52N2. The first kappa shape index (κ1) is 24.2. The predicted molar refractivity (Wildman–Crippen MR) is 125 cm³/mol. The maximum atomic E-state index is 2.84. The minimum absolute atomic E-state index is 0.327. The van der Waals surface area contributed by atoms with Gasteiger partial charge in [-0.1, -0.05) is 48.5 Å². The number of likely N-dealkylation sites (tertiary alicyclic amines) is 2. The van der Waals surface area contributed by atoms with Gasteiger partial charge >= 0.3 is 0 Å². The standard InChI is InChI=1S/C26H52N2/c1-20(2)21(3)28-17-11-12-23(28)25(7,8)15-16-26(9,10)27-18-13-22(14-19-27)24(4,5)6/h20-23H,11-19H2,1-10H3. The minimum Gasteiger partial charge on any atom is -0.298 e. The van der Waals surface area contributed by atoms with E-state index in [0.29, 0.717) is 22.4 Å². The van der Waals surface area contributed by atoms with Crippen LogP contribution in [0.25, 0.3) is 0 Å². The quantitative estimate of drug-likeness (QED) is 0.468. The Morgan fingerprint density at radius 1 is 0.786 bits per heavy atom. The van der Waals surface area contributed by atoms with Crippen LogP contribution < -0.4 is 0 Å². The van der Waals surface area contributed by atoms with E-state index in [9.17, 15) is 0 Å². The summed E-state index contributed by atoms with van der Waals surface area (Å²) in [5.41, 5.74) is 1.20. The van der Waals surface area contributed by atoms with Gasteiger partial charge in [0.2, 0.25) is 0 Å². The van der Waals surface area contributed by atoms with E-state index >= 15 is 0 Å². The highest BCUT2D eigenvalue weighted by Gasteiger charge is 2.41. The molecule has 0 aromatic rings. The summed E-state index contributed by atoms with van der Waals surface area (Å²) in [6.45, 7) is 28.5. The Morgan fingerprint density at radius 3 is 1.86 bits per heavy atom. The molecule has 0 saturated carbocycles. The van der Waals surface area contributed by atoms with Gasteiger partial charge < -0.3 is 0 Å². The third-order valence-electron chi connectivity index (χ3n) is 8.64. The van der Waals surface area contributed by atoms with Crippen molar-refractivity contribution in [2.24, 2.45) is 22.7 Å². The number of nitrogens with zero attached hydrogens (tertiary/aromatic N) is 2. The van der Waals surface area contributed by atoms with E-state index in [2.05, 4.69) is 79.0 Å². The molecule has 2 heteroatoms. The van der Waals surface area contributed by atoms with Crippen molar-refractivity contribution < 1.29 is 0 Å². The van der Waals surface area contributed by atoms with Crippen molar-refractivity contribution in [3.05, 3.63) is 0 Å². The Bertz CT molecular complexity index is 477. The van der Waals surface area contributed by atoms with Gasteiger partial charge in [0.25, 0.3) is 0 Å². The molecule has 0 radical (unpaired) electrons. The predicted octanol–water partition coefficient (Wildman–Crippen LogP) is 6.84. The zero-order valence-electron chi connectivity index (χ0n) is 21.1. The van der Waals surface area contributed by atoms with Gasteiger partial charge in [0, 0.05) is 17.6 Å². The Hall–Kier alpha value is -0.0800. The molecule has 2 rings (SSSR count). The molecule has 2 saturated heterocycles. The maximum Gasteiger partial charge on any atom is 0.0153 e. The van der Waals surface area contributed by atoms with E-state index in [0.717, 1.165) is 17.9 Å². The van der Waals surface area contributed by atoms with Crippen molar-refractivity contribution in [1.82, 2.24) is 9.80 Å². The minimum atomic E-state index is 0.327. The monoisotopic (exact) mass is 392 g/mol. The zero-order chi connectivity index (χ0) is 21.3. The average Bonchev–Trinajstić information content (AvgIpc) is 3.09. The van der Waals surface area contributed by atoms with Crippen LogP contribution in [0.4, 0.5) is 0 Å². The summed E-state index contributed by atoms with van der Waals surface area (Å²) in [7, 11) is 0. The number of hydrogen-bond donors (Lipinski definition) is 0. The van der Waals surface area contributed by atoms with E-state index in [1.807, 2.05) is 0 Å². The van der Waals surface area contributed by atoms with Gasteiger partial charge in [-0.3, -0.25) is 9.80 Å². The van der Waals surface area contributed by atoms with E-state index in [4.69, 9.17) is 0 Å². The Morgan fingerprint density at radius 2 is 1.36 bits per heavy atom. The van der Waals surface area contributed by atoms with Crippen LogP contribution in [0.5, 0.6) is 0 Å². The van der Waals surface area contributed by atoms with Gasteiger partial charge in [-0.2, -0.15) is 0 Å². The molecule has 2 aliphatic heterocycles. The second kappa shape index (κ2) is 8.96. The zero-order valence-corrected chi connectivity index (χ0v) is 21.1. The lowest BCUT2D eigenvalue weighted by Gasteiger charge is -2.48. The molecule has 166 valence electrons. The third kappa shape index (κ3) is 5.75. The molecule has 0 bridgehead atoms. The molecular weight excluding hydrogens is 340 g/mol. The van der Waals surface area contributed by atoms with E-state index in [1.54, 1.807) is 0 Å². The summed E-state index contributed by atoms with van der Waals surface area (Å²) in [5.74, 6) is 1.64. The summed E-state index contributed by atoms with van der Waals surface area (Å²) in [6, 6.07) is 1.46. The van der Waals surface area contributed by atoms with Gasteiger partial charge in [-0.05, 0) is 102 Å². The first-order chi connectivity index (χ1) is 12.8. The Kier molecular flexibility index (Phi) is 7.74. The van der Waals surface area contributed by atoms with Crippen molar-refractivity contribution in [2.75, 3.05) is 19.6 Å². The molecule has 2 unspecified atom stereocenters. The topological polar surface area (TPSA) is 6.48 Å². The summed E-state index contributed by atoms with van der Waals surface area (Å²) >= 11 is 0. The highest BCUT2D eigenvalue weighted by atomic mass is 15.2. The molecule has 2 nitrogen and oxygen atoms in total. The molecule has 2 atom stereocenters. The second-order valence-electron chi connectivity index (χ2n) is 12.8. The van der Waals surface area contributed by atoms with Crippen molar-refractivity contribution in [3.63, 3.8) is 0 Å². The molecule has 0 amide bonds. The van der Waals surface area contributed by atoms with Gasteiger partial charge in [0.15, 0.2) is 0 Å². The molecule has 0 aromatic heterocycles. The third-order valence-corrected chi connectivity index (χ3v) is 8.64. The van der Waals surface area contributed by atoms with Gasteiger partial charge in [0.05, 0.1) is 0 Å². The Balaban J connectivity index is 1.94. The Labute approximate surface area is 177 Å². The normalized spacial score (nSPS) is 25.6. The molecule has 2 heterocycles.